The Morgan fingerprint density at radius 3 is 0.833 bits per heavy atom. The molecule has 2 aliphatic rings. The van der Waals surface area contributed by atoms with Crippen LogP contribution in [0.3, 0.4) is 0 Å². The van der Waals surface area contributed by atoms with Gasteiger partial charge in [0, 0.05) is 62.7 Å². The van der Waals surface area contributed by atoms with Crippen LogP contribution in [-0.4, -0.2) is 203 Å². The van der Waals surface area contributed by atoms with E-state index >= 15 is 0 Å². The van der Waals surface area contributed by atoms with Crippen LogP contribution in [0, 0.1) is 22.0 Å². The van der Waals surface area contributed by atoms with Crippen molar-refractivity contribution in [3.63, 3.8) is 0 Å². The molecule has 6 heterocycles. The van der Waals surface area contributed by atoms with Gasteiger partial charge in [-0.1, -0.05) is 89.4 Å². The summed E-state index contributed by atoms with van der Waals surface area (Å²) in [6.07, 6.45) is -60.6. The summed E-state index contributed by atoms with van der Waals surface area (Å²) in [6, 6.07) is 10.8. The van der Waals surface area contributed by atoms with Crippen molar-refractivity contribution in [3.05, 3.63) is 75.8 Å². The van der Waals surface area contributed by atoms with Crippen molar-refractivity contribution in [2.75, 3.05) is 79.3 Å². The maximum Gasteiger partial charge on any atom is 0.422 e. The molecule has 786 valence electrons. The van der Waals surface area contributed by atoms with E-state index < -0.39 is 328 Å². The number of nitro benzene ring substituents is 1. The standard InChI is InChI=1S/C84H64F36N10O14/c1-2-3-4-5-6-7-8-9-10-11-12-13-22-129-45-20-17-39(23-42(45)43-25-40(130(131)132)18-21-46(43)129)15-14-38-16-19-41-44(24-38)66-121-65(41)122-67-47-49(55(135-28-75(91,92)93)61(141-34-81(109,110)111)59(139-32-79(103,104)105)53(47)133-26-73(85,86)87)69(124-67)126-71-51-52(58(138-31-78(100,101)102)64(144-37-84(118,119)120)63(143-36-83(115,116)117)57(51)137-30-77(97,98)99)72(128-71)127-70-50-48(68(123-66)125-70)54(134-27-74(88,89)90)60(140-33-80(106,107)108)62(142-35-82(112,113)114)56(50)136-29-76(94,95)96/h16-21,23-25H,2-13,22,26-37H2,1H3,(H2,121,122,123,124,125,126,127,128). The molecule has 2 N–H and O–H groups in total. The molecule has 144 heavy (non-hydrogen) atoms. The number of nitro groups is 1. The minimum absolute atomic E-state index is 0.000659. The molecule has 0 atom stereocenters. The van der Waals surface area contributed by atoms with Crippen molar-refractivity contribution in [2.24, 2.45) is 0 Å². The first-order valence-corrected chi connectivity index (χ1v) is 41.4. The summed E-state index contributed by atoms with van der Waals surface area (Å²) >= 11 is 0. The number of non-ortho nitro benzene ring substituents is 1. The number of rotatable bonds is 38. The Hall–Kier alpha value is -13.5. The van der Waals surface area contributed by atoms with Gasteiger partial charge in [0.15, 0.2) is 137 Å². The quantitative estimate of drug-likeness (QED) is 0.0120. The van der Waals surface area contributed by atoms with E-state index in [1.54, 1.807) is 0 Å². The third-order valence-corrected chi connectivity index (χ3v) is 19.8. The fourth-order valence-corrected chi connectivity index (χ4v) is 14.6. The Bertz CT molecular complexity index is 6620. The van der Waals surface area contributed by atoms with E-state index in [9.17, 15) is 168 Å². The number of unbranched alkanes of at least 4 members (excludes halogenated alkanes) is 11. The first-order chi connectivity index (χ1) is 66.7. The van der Waals surface area contributed by atoms with Crippen LogP contribution in [0.1, 0.15) is 95.1 Å². The number of aryl methyl sites for hydroxylation is 1. The van der Waals surface area contributed by atoms with Gasteiger partial charge >= 0.3 is 74.1 Å². The molecule has 0 saturated carbocycles. The maximum absolute atomic E-state index is 15.0. The van der Waals surface area contributed by atoms with E-state index in [1.165, 1.54) is 36.4 Å². The number of nitrogens with one attached hydrogen (secondary N) is 2. The molecular formula is C84H64F36N10O14. The van der Waals surface area contributed by atoms with Gasteiger partial charge in [-0.05, 0) is 48.9 Å². The van der Waals surface area contributed by atoms with Crippen LogP contribution < -0.4 is 56.8 Å². The van der Waals surface area contributed by atoms with Crippen LogP contribution >= 0.6 is 0 Å². The molecule has 60 heteroatoms. The van der Waals surface area contributed by atoms with Crippen molar-refractivity contribution in [1.29, 1.82) is 0 Å². The number of aromatic nitrogens is 9. The molecule has 0 saturated heterocycles. The number of halogens is 36. The molecule has 10 aromatic rings. The van der Waals surface area contributed by atoms with Crippen LogP contribution in [0.5, 0.6) is 69.0 Å². The van der Waals surface area contributed by atoms with Gasteiger partial charge in [0.25, 0.3) is 5.69 Å². The van der Waals surface area contributed by atoms with E-state index in [4.69, 9.17) is 33.2 Å². The normalized spacial score (nSPS) is 13.2. The SMILES string of the molecule is CCCCCCCCCCCCCCn1c2ccc(C#Cc3ccc4c(c3)-c3nc-4nc4[nH]c(nc5nc(nc6[nH]c(n3)c3c(OCC(F)(F)F)c(OCC(F)(F)F)c(OCC(F)(F)F)c(OCC(F)(F)F)c63)-c3c(OCC(F)(F)F)c(OCC(F)(F)F)c(OCC(F)(F)F)c(OCC(F)(F)F)c3-5)c3c(OCC(F)(F)F)c(OCC(F)(F)F)c(OCC(F)(F)F)c(OCC(F)(F)F)c43)cc2c2cc([N+](=O)[O-])ccc21. The molecule has 0 fully saturated rings. The van der Waals surface area contributed by atoms with E-state index in [-0.39, 0.29) is 10.9 Å². The highest BCUT2D eigenvalue weighted by Gasteiger charge is 2.48. The Morgan fingerprint density at radius 1 is 0.285 bits per heavy atom. The molecule has 0 spiro atoms. The second kappa shape index (κ2) is 42.1. The minimum atomic E-state index is -6.12. The zero-order valence-corrected chi connectivity index (χ0v) is 72.3. The van der Waals surface area contributed by atoms with Gasteiger partial charge in [-0.25, -0.2) is 29.9 Å². The van der Waals surface area contributed by atoms with E-state index in [2.05, 4.69) is 72.4 Å². The molecule has 4 aromatic heterocycles. The smallest absolute Gasteiger partial charge is 0.422 e. The second-order valence-corrected chi connectivity index (χ2v) is 31.4. The Balaban J connectivity index is 1.32. The zero-order valence-electron chi connectivity index (χ0n) is 72.3. The summed E-state index contributed by atoms with van der Waals surface area (Å²) in [5.74, 6) is -31.0. The lowest BCUT2D eigenvalue weighted by molar-refractivity contribution is -0.384. The molecule has 24 nitrogen and oxygen atoms in total. The van der Waals surface area contributed by atoms with Gasteiger partial charge < -0.3 is 71.4 Å². The van der Waals surface area contributed by atoms with Gasteiger partial charge in [-0.3, -0.25) is 10.1 Å². The summed E-state index contributed by atoms with van der Waals surface area (Å²) in [5.41, 5.74) is -13.7. The number of aromatic amines is 2. The van der Waals surface area contributed by atoms with Gasteiger partial charge in [-0.2, -0.15) is 158 Å². The number of ether oxygens (including phenoxy) is 12. The van der Waals surface area contributed by atoms with E-state index in [1.807, 2.05) is 14.5 Å². The lowest BCUT2D eigenvalue weighted by Crippen LogP contribution is -2.25. The number of H-pyrrole nitrogens is 2. The summed E-state index contributed by atoms with van der Waals surface area (Å²) < 4.78 is 592. The molecule has 6 aromatic carbocycles. The molecule has 0 aliphatic carbocycles. The Morgan fingerprint density at radius 2 is 0.528 bits per heavy atom. The van der Waals surface area contributed by atoms with Crippen molar-refractivity contribution >= 4 is 71.6 Å². The fraction of sp³-hybridized carbons (Fsp3) is 0.452. The van der Waals surface area contributed by atoms with Gasteiger partial charge in [-0.15, -0.1) is 0 Å². The Labute approximate surface area is 779 Å². The molecule has 2 aliphatic heterocycles. The van der Waals surface area contributed by atoms with E-state index in [0.29, 0.717) is 29.4 Å². The molecule has 12 rings (SSSR count). The monoisotopic (exact) mass is 2120 g/mol. The van der Waals surface area contributed by atoms with Gasteiger partial charge in [0.05, 0.1) is 37.6 Å². The summed E-state index contributed by atoms with van der Waals surface area (Å²) in [7, 11) is 0. The third-order valence-electron chi connectivity index (χ3n) is 19.8. The number of benzene rings is 6. The highest BCUT2D eigenvalue weighted by Crippen LogP contribution is 2.62. The summed E-state index contributed by atoms with van der Waals surface area (Å²) in [5, 5.41) is 5.02. The van der Waals surface area contributed by atoms with Crippen molar-refractivity contribution in [1.82, 2.24) is 44.4 Å². The van der Waals surface area contributed by atoms with Crippen LogP contribution in [0.15, 0.2) is 54.6 Å². The van der Waals surface area contributed by atoms with E-state index in [0.717, 1.165) is 88.8 Å². The lowest BCUT2D eigenvalue weighted by atomic mass is 10.0. The van der Waals surface area contributed by atoms with Crippen molar-refractivity contribution in [2.45, 2.75) is 165 Å². The van der Waals surface area contributed by atoms with Crippen LogP contribution in [-0.2, 0) is 6.54 Å². The number of hydrogen-bond donors (Lipinski definition) is 2. The molecular weight excluding hydrogens is 2060 g/mol. The molecule has 8 bridgehead atoms. The van der Waals surface area contributed by atoms with Gasteiger partial charge in [0.1, 0.15) is 22.6 Å². The number of fused-ring (bicyclic) bond motifs is 23. The largest absolute Gasteiger partial charge is 0.479 e. The highest BCUT2D eigenvalue weighted by atomic mass is 19.5. The highest BCUT2D eigenvalue weighted by molar-refractivity contribution is 6.16. The summed E-state index contributed by atoms with van der Waals surface area (Å²) in [4.78, 5) is 39.3. The average molecular weight is 2120 g/mol. The Kier molecular flexibility index (Phi) is 31.9. The second-order valence-electron chi connectivity index (χ2n) is 31.4. The van der Waals surface area contributed by atoms with Crippen molar-refractivity contribution in [3.8, 4) is 126 Å². The van der Waals surface area contributed by atoms with Crippen molar-refractivity contribution < 1.29 is 220 Å². The predicted molar refractivity (Wildman–Crippen MR) is 428 cm³/mol. The van der Waals surface area contributed by atoms with Crippen LogP contribution in [0.2, 0.25) is 0 Å². The third kappa shape index (κ3) is 29.0. The van der Waals surface area contributed by atoms with Crippen LogP contribution in [0.25, 0.3) is 111 Å². The molecule has 0 radical (unpaired) electrons. The first-order valence-electron chi connectivity index (χ1n) is 41.4. The summed E-state index contributed by atoms with van der Waals surface area (Å²) in [6.45, 7) is -34.8. The lowest BCUT2D eigenvalue weighted by Gasteiger charge is -2.24. The average Bonchev–Trinajstić information content (AvgIpc) is 1.55. The molecule has 0 unspecified atom stereocenters. The molecule has 0 amide bonds. The number of hydrogen-bond acceptors (Lipinski definition) is 20. The number of alkyl halides is 36. The topological polar surface area (TPSA) is 268 Å². The maximum atomic E-state index is 15.0. The first kappa shape index (κ1) is 109. The fourth-order valence-electron chi connectivity index (χ4n) is 14.6. The zero-order chi connectivity index (χ0) is 106. The van der Waals surface area contributed by atoms with Gasteiger partial charge in [0.2, 0.25) is 34.5 Å². The number of nitrogens with zero attached hydrogens (tertiary/aromatic N) is 8. The van der Waals surface area contributed by atoms with Crippen LogP contribution in [0.4, 0.5) is 164 Å². The minimum Gasteiger partial charge on any atom is -0.479 e. The predicted octanol–water partition coefficient (Wildman–Crippen LogP) is 26.3.